The molecule has 0 unspecified atom stereocenters. The molecule has 29 heavy (non-hydrogen) atoms. The van der Waals surface area contributed by atoms with Crippen LogP contribution in [0, 0.1) is 22.9 Å². The van der Waals surface area contributed by atoms with Crippen molar-refractivity contribution >= 4 is 23.3 Å². The number of para-hydroxylation sites is 1. The number of amides is 1. The molecule has 1 heterocycles. The molecule has 0 radical (unpaired) electrons. The van der Waals surface area contributed by atoms with Gasteiger partial charge in [-0.1, -0.05) is 18.2 Å². The molecule has 2 aromatic rings. The largest absolute Gasteiger partial charge is 0.452 e. The van der Waals surface area contributed by atoms with Crippen molar-refractivity contribution in [3.8, 4) is 0 Å². The van der Waals surface area contributed by atoms with Crippen LogP contribution in [0.5, 0.6) is 0 Å². The average molecular weight is 401 g/mol. The zero-order valence-electron chi connectivity index (χ0n) is 15.8. The SMILES string of the molecule is Cc1c(C(=O)OCC(=O)N2CCN(c3ccccc3F)CC2)cccc1[N+](=O)[O-]. The molecular formula is C20H20FN3O5. The van der Waals surface area contributed by atoms with Crippen LogP contribution < -0.4 is 4.90 Å². The van der Waals surface area contributed by atoms with Gasteiger partial charge in [0.25, 0.3) is 11.6 Å². The lowest BCUT2D eigenvalue weighted by Gasteiger charge is -2.36. The van der Waals surface area contributed by atoms with Crippen molar-refractivity contribution < 1.29 is 23.6 Å². The molecule has 1 aliphatic heterocycles. The van der Waals surface area contributed by atoms with Crippen molar-refractivity contribution in [2.45, 2.75) is 6.92 Å². The number of ether oxygens (including phenoxy) is 1. The topological polar surface area (TPSA) is 93.0 Å². The number of anilines is 1. The Morgan fingerprint density at radius 2 is 1.79 bits per heavy atom. The summed E-state index contributed by atoms with van der Waals surface area (Å²) in [6.45, 7) is 2.68. The fourth-order valence-corrected chi connectivity index (χ4v) is 3.24. The Kier molecular flexibility index (Phi) is 6.06. The lowest BCUT2D eigenvalue weighted by molar-refractivity contribution is -0.385. The quantitative estimate of drug-likeness (QED) is 0.434. The Balaban J connectivity index is 1.54. The molecule has 1 fully saturated rings. The van der Waals surface area contributed by atoms with E-state index in [0.717, 1.165) is 0 Å². The normalized spacial score (nSPS) is 13.9. The highest BCUT2D eigenvalue weighted by atomic mass is 19.1. The monoisotopic (exact) mass is 401 g/mol. The molecule has 0 spiro atoms. The van der Waals surface area contributed by atoms with Crippen molar-refractivity contribution in [1.29, 1.82) is 0 Å². The Morgan fingerprint density at radius 3 is 2.45 bits per heavy atom. The zero-order chi connectivity index (χ0) is 21.0. The van der Waals surface area contributed by atoms with Gasteiger partial charge in [0.15, 0.2) is 6.61 Å². The molecule has 0 atom stereocenters. The van der Waals surface area contributed by atoms with Gasteiger partial charge in [0.1, 0.15) is 5.82 Å². The van der Waals surface area contributed by atoms with E-state index in [9.17, 15) is 24.1 Å². The predicted octanol–water partition coefficient (Wildman–Crippen LogP) is 2.55. The first kappa shape index (κ1) is 20.2. The van der Waals surface area contributed by atoms with Gasteiger partial charge in [-0.3, -0.25) is 14.9 Å². The summed E-state index contributed by atoms with van der Waals surface area (Å²) in [6, 6.07) is 10.6. The minimum absolute atomic E-state index is 0.0522. The number of esters is 1. The number of piperazine rings is 1. The van der Waals surface area contributed by atoms with Crippen LogP contribution in [0.15, 0.2) is 42.5 Å². The second-order valence-electron chi connectivity index (χ2n) is 6.60. The van der Waals surface area contributed by atoms with Crippen LogP contribution in [0.1, 0.15) is 15.9 Å². The Hall–Kier alpha value is -3.49. The molecule has 0 aliphatic carbocycles. The third-order valence-electron chi connectivity index (χ3n) is 4.87. The van der Waals surface area contributed by atoms with Crippen LogP contribution in [-0.4, -0.2) is 54.5 Å². The smallest absolute Gasteiger partial charge is 0.339 e. The molecule has 9 heteroatoms. The highest BCUT2D eigenvalue weighted by Gasteiger charge is 2.24. The van der Waals surface area contributed by atoms with Gasteiger partial charge < -0.3 is 14.5 Å². The summed E-state index contributed by atoms with van der Waals surface area (Å²) in [5.74, 6) is -1.47. The molecule has 152 valence electrons. The maximum absolute atomic E-state index is 13.9. The summed E-state index contributed by atoms with van der Waals surface area (Å²) in [5, 5.41) is 11.0. The summed E-state index contributed by atoms with van der Waals surface area (Å²) in [4.78, 5) is 38.4. The highest BCUT2D eigenvalue weighted by molar-refractivity contribution is 5.93. The number of nitro groups is 1. The maximum atomic E-state index is 13.9. The molecule has 0 aromatic heterocycles. The molecular weight excluding hydrogens is 381 g/mol. The van der Waals surface area contributed by atoms with Gasteiger partial charge in [0, 0.05) is 37.8 Å². The molecule has 1 saturated heterocycles. The number of carbonyl (C=O) groups excluding carboxylic acids is 2. The summed E-state index contributed by atoms with van der Waals surface area (Å²) < 4.78 is 19.0. The molecule has 8 nitrogen and oxygen atoms in total. The van der Waals surface area contributed by atoms with E-state index >= 15 is 0 Å². The number of rotatable bonds is 5. The average Bonchev–Trinajstić information content (AvgIpc) is 2.72. The van der Waals surface area contributed by atoms with Gasteiger partial charge in [0.05, 0.1) is 16.2 Å². The second-order valence-corrected chi connectivity index (χ2v) is 6.60. The van der Waals surface area contributed by atoms with Crippen LogP contribution in [0.4, 0.5) is 15.8 Å². The van der Waals surface area contributed by atoms with Gasteiger partial charge in [-0.05, 0) is 25.1 Å². The predicted molar refractivity (Wildman–Crippen MR) is 103 cm³/mol. The number of benzene rings is 2. The third-order valence-corrected chi connectivity index (χ3v) is 4.87. The van der Waals surface area contributed by atoms with Gasteiger partial charge in [-0.15, -0.1) is 0 Å². The molecule has 1 amide bonds. The lowest BCUT2D eigenvalue weighted by Crippen LogP contribution is -2.50. The summed E-state index contributed by atoms with van der Waals surface area (Å²) in [7, 11) is 0. The first-order chi connectivity index (χ1) is 13.9. The minimum Gasteiger partial charge on any atom is -0.452 e. The van der Waals surface area contributed by atoms with E-state index in [0.29, 0.717) is 31.9 Å². The Labute approximate surface area is 166 Å². The number of nitrogens with zero attached hydrogens (tertiary/aromatic N) is 3. The zero-order valence-corrected chi connectivity index (χ0v) is 15.8. The van der Waals surface area contributed by atoms with Crippen LogP contribution in [0.2, 0.25) is 0 Å². The second kappa shape index (κ2) is 8.68. The molecule has 0 saturated carbocycles. The Morgan fingerprint density at radius 1 is 1.10 bits per heavy atom. The molecule has 2 aromatic carbocycles. The minimum atomic E-state index is -0.787. The van der Waals surface area contributed by atoms with Crippen molar-refractivity contribution in [2.75, 3.05) is 37.7 Å². The van der Waals surface area contributed by atoms with E-state index in [1.54, 1.807) is 23.1 Å². The van der Waals surface area contributed by atoms with E-state index in [1.807, 2.05) is 4.90 Å². The van der Waals surface area contributed by atoms with Gasteiger partial charge in [-0.2, -0.15) is 0 Å². The van der Waals surface area contributed by atoms with Gasteiger partial charge >= 0.3 is 5.97 Å². The molecule has 0 N–H and O–H groups in total. The van der Waals surface area contributed by atoms with Crippen LogP contribution in [0.25, 0.3) is 0 Å². The number of nitro benzene ring substituents is 1. The number of hydrogen-bond acceptors (Lipinski definition) is 6. The molecule has 1 aliphatic rings. The standard InChI is InChI=1S/C20H20FN3O5/c1-14-15(5-4-8-17(14)24(27)28)20(26)29-13-19(25)23-11-9-22(10-12-23)18-7-3-2-6-16(18)21/h2-8H,9-13H2,1H3. The fraction of sp³-hybridized carbons (Fsp3) is 0.300. The van der Waals surface area contributed by atoms with E-state index in [4.69, 9.17) is 4.74 Å². The number of halogens is 1. The fourth-order valence-electron chi connectivity index (χ4n) is 3.24. The van der Waals surface area contributed by atoms with Gasteiger partial charge in [-0.25, -0.2) is 9.18 Å². The van der Waals surface area contributed by atoms with Gasteiger partial charge in [0.2, 0.25) is 0 Å². The third kappa shape index (κ3) is 4.50. The van der Waals surface area contributed by atoms with Crippen molar-refractivity contribution in [3.05, 3.63) is 69.5 Å². The summed E-state index contributed by atoms with van der Waals surface area (Å²) in [6.07, 6.45) is 0. The van der Waals surface area contributed by atoms with Crippen LogP contribution in [0.3, 0.4) is 0 Å². The number of hydrogen-bond donors (Lipinski definition) is 0. The first-order valence-corrected chi connectivity index (χ1v) is 9.07. The molecule has 0 bridgehead atoms. The Bertz CT molecular complexity index is 941. The van der Waals surface area contributed by atoms with E-state index in [-0.39, 0.29) is 28.5 Å². The van der Waals surface area contributed by atoms with Crippen LogP contribution in [-0.2, 0) is 9.53 Å². The first-order valence-electron chi connectivity index (χ1n) is 9.07. The molecule has 3 rings (SSSR count). The van der Waals surface area contributed by atoms with Crippen LogP contribution >= 0.6 is 0 Å². The van der Waals surface area contributed by atoms with E-state index in [2.05, 4.69) is 0 Å². The lowest BCUT2D eigenvalue weighted by atomic mass is 10.1. The summed E-state index contributed by atoms with van der Waals surface area (Å²) in [5.41, 5.74) is 0.548. The highest BCUT2D eigenvalue weighted by Crippen LogP contribution is 2.22. The van der Waals surface area contributed by atoms with Crippen molar-refractivity contribution in [1.82, 2.24) is 4.90 Å². The number of carbonyl (C=O) groups is 2. The van der Waals surface area contributed by atoms with Crippen molar-refractivity contribution in [2.24, 2.45) is 0 Å². The van der Waals surface area contributed by atoms with Crippen molar-refractivity contribution in [3.63, 3.8) is 0 Å². The summed E-state index contributed by atoms with van der Waals surface area (Å²) >= 11 is 0. The van der Waals surface area contributed by atoms with E-state index < -0.39 is 17.5 Å². The van der Waals surface area contributed by atoms with E-state index in [1.165, 1.54) is 31.2 Å². The maximum Gasteiger partial charge on any atom is 0.339 e.